The number of aryl methyl sites for hydroxylation is 1. The van der Waals surface area contributed by atoms with E-state index in [-0.39, 0.29) is 11.1 Å². The van der Waals surface area contributed by atoms with E-state index in [2.05, 4.69) is 15.9 Å². The van der Waals surface area contributed by atoms with Gasteiger partial charge in [-0.2, -0.15) is 0 Å². The Hall–Kier alpha value is -1.16. The number of aldehydes is 1. The van der Waals surface area contributed by atoms with E-state index in [1.165, 1.54) is 12.1 Å². The monoisotopic (exact) mass is 242 g/mol. The van der Waals surface area contributed by atoms with Gasteiger partial charge in [-0.15, -0.1) is 0 Å². The molecule has 0 bridgehead atoms. The summed E-state index contributed by atoms with van der Waals surface area (Å²) in [6, 6.07) is 2.97. The molecule has 0 aliphatic heterocycles. The van der Waals surface area contributed by atoms with Crippen LogP contribution in [-0.4, -0.2) is 17.4 Å². The summed E-state index contributed by atoms with van der Waals surface area (Å²) >= 11 is 3.22. The fourth-order valence-corrected chi connectivity index (χ4v) is 1.34. The van der Waals surface area contributed by atoms with E-state index in [0.717, 1.165) is 10.0 Å². The summed E-state index contributed by atoms with van der Waals surface area (Å²) in [5, 5.41) is 8.74. The van der Waals surface area contributed by atoms with E-state index in [4.69, 9.17) is 5.11 Å². The second kappa shape index (κ2) is 3.70. The second-order valence-corrected chi connectivity index (χ2v) is 3.47. The summed E-state index contributed by atoms with van der Waals surface area (Å²) < 4.78 is 0.736. The molecule has 1 aromatic carbocycles. The predicted octanol–water partition coefficient (Wildman–Crippen LogP) is 2.27. The van der Waals surface area contributed by atoms with Gasteiger partial charge in [0.15, 0.2) is 6.29 Å². The molecule has 0 heterocycles. The first-order chi connectivity index (χ1) is 6.06. The minimum Gasteiger partial charge on any atom is -0.478 e. The van der Waals surface area contributed by atoms with Gasteiger partial charge in [0.2, 0.25) is 0 Å². The van der Waals surface area contributed by atoms with Crippen LogP contribution in [0, 0.1) is 6.92 Å². The average molecular weight is 243 g/mol. The molecular formula is C9H7BrO3. The Morgan fingerprint density at radius 1 is 1.54 bits per heavy atom. The van der Waals surface area contributed by atoms with Crippen LogP contribution in [0.4, 0.5) is 0 Å². The molecule has 1 rings (SSSR count). The molecule has 0 amide bonds. The van der Waals surface area contributed by atoms with Gasteiger partial charge in [-0.3, -0.25) is 4.79 Å². The van der Waals surface area contributed by atoms with E-state index in [9.17, 15) is 9.59 Å². The Labute approximate surface area is 83.5 Å². The first kappa shape index (κ1) is 9.92. The molecule has 13 heavy (non-hydrogen) atoms. The van der Waals surface area contributed by atoms with Crippen LogP contribution in [0.2, 0.25) is 0 Å². The highest BCUT2D eigenvalue weighted by Crippen LogP contribution is 2.20. The van der Waals surface area contributed by atoms with Crippen molar-refractivity contribution in [2.45, 2.75) is 6.92 Å². The molecule has 3 nitrogen and oxygen atoms in total. The lowest BCUT2D eigenvalue weighted by Crippen LogP contribution is -2.02. The Balaban J connectivity index is 3.41. The van der Waals surface area contributed by atoms with Crippen LogP contribution in [0.5, 0.6) is 0 Å². The molecule has 1 aromatic rings. The Morgan fingerprint density at radius 3 is 2.62 bits per heavy atom. The topological polar surface area (TPSA) is 54.4 Å². The van der Waals surface area contributed by atoms with Gasteiger partial charge < -0.3 is 5.11 Å². The van der Waals surface area contributed by atoms with Crippen molar-refractivity contribution in [1.29, 1.82) is 0 Å². The Morgan fingerprint density at radius 2 is 2.15 bits per heavy atom. The fourth-order valence-electron chi connectivity index (χ4n) is 0.980. The van der Waals surface area contributed by atoms with Crippen LogP contribution in [0.1, 0.15) is 26.3 Å². The lowest BCUT2D eigenvalue weighted by molar-refractivity contribution is 0.0694. The van der Waals surface area contributed by atoms with Crippen LogP contribution >= 0.6 is 15.9 Å². The zero-order valence-electron chi connectivity index (χ0n) is 6.87. The number of carboxylic acids is 1. The number of aromatic carboxylic acids is 1. The maximum absolute atomic E-state index is 10.7. The summed E-state index contributed by atoms with van der Waals surface area (Å²) in [7, 11) is 0. The van der Waals surface area contributed by atoms with Gasteiger partial charge in [0, 0.05) is 10.0 Å². The van der Waals surface area contributed by atoms with Gasteiger partial charge in [-0.05, 0) is 24.6 Å². The van der Waals surface area contributed by atoms with E-state index < -0.39 is 5.97 Å². The number of hydrogen-bond donors (Lipinski definition) is 1. The Bertz CT molecular complexity index is 371. The van der Waals surface area contributed by atoms with E-state index >= 15 is 0 Å². The maximum Gasteiger partial charge on any atom is 0.336 e. The summed E-state index contributed by atoms with van der Waals surface area (Å²) in [5.41, 5.74) is 1.02. The third kappa shape index (κ3) is 1.95. The zero-order valence-corrected chi connectivity index (χ0v) is 8.46. The molecule has 0 aromatic heterocycles. The van der Waals surface area contributed by atoms with Crippen molar-refractivity contribution in [3.63, 3.8) is 0 Å². The molecule has 0 saturated heterocycles. The number of carbonyl (C=O) groups is 2. The van der Waals surface area contributed by atoms with Gasteiger partial charge in [-0.1, -0.05) is 15.9 Å². The SMILES string of the molecule is Cc1cc(C(=O)O)c(C=O)cc1Br. The minimum absolute atomic E-state index is 0.0377. The highest BCUT2D eigenvalue weighted by molar-refractivity contribution is 9.10. The summed E-state index contributed by atoms with van der Waals surface area (Å²) in [6.07, 6.45) is 0.535. The number of carboxylic acid groups (broad SMARTS) is 1. The van der Waals surface area contributed by atoms with Gasteiger partial charge in [0.25, 0.3) is 0 Å². The van der Waals surface area contributed by atoms with Crippen molar-refractivity contribution >= 4 is 28.2 Å². The zero-order chi connectivity index (χ0) is 10.0. The molecule has 1 N–H and O–H groups in total. The molecule has 0 fully saturated rings. The molecular weight excluding hydrogens is 236 g/mol. The number of benzene rings is 1. The highest BCUT2D eigenvalue weighted by Gasteiger charge is 2.11. The number of rotatable bonds is 2. The van der Waals surface area contributed by atoms with Crippen molar-refractivity contribution in [2.75, 3.05) is 0 Å². The number of halogens is 1. The molecule has 0 atom stereocenters. The van der Waals surface area contributed by atoms with Crippen molar-refractivity contribution in [2.24, 2.45) is 0 Å². The average Bonchev–Trinajstić information content (AvgIpc) is 2.08. The third-order valence-electron chi connectivity index (χ3n) is 1.69. The minimum atomic E-state index is -1.09. The highest BCUT2D eigenvalue weighted by atomic mass is 79.9. The number of carbonyl (C=O) groups excluding carboxylic acids is 1. The maximum atomic E-state index is 10.7. The summed E-state index contributed by atoms with van der Waals surface area (Å²) in [6.45, 7) is 1.77. The van der Waals surface area contributed by atoms with Crippen LogP contribution in [0.15, 0.2) is 16.6 Å². The van der Waals surface area contributed by atoms with E-state index in [1.807, 2.05) is 0 Å². The molecule has 0 aliphatic rings. The second-order valence-electron chi connectivity index (χ2n) is 2.61. The van der Waals surface area contributed by atoms with Crippen molar-refractivity contribution in [1.82, 2.24) is 0 Å². The smallest absolute Gasteiger partial charge is 0.336 e. The molecule has 0 spiro atoms. The summed E-state index contributed by atoms with van der Waals surface area (Å²) in [4.78, 5) is 21.2. The molecule has 68 valence electrons. The first-order valence-corrected chi connectivity index (χ1v) is 4.34. The summed E-state index contributed by atoms with van der Waals surface area (Å²) in [5.74, 6) is -1.09. The standard InChI is InChI=1S/C9H7BrO3/c1-5-2-7(9(12)13)6(4-11)3-8(5)10/h2-4H,1H3,(H,12,13). The Kier molecular flexibility index (Phi) is 2.83. The van der Waals surface area contributed by atoms with E-state index in [1.54, 1.807) is 6.92 Å². The van der Waals surface area contributed by atoms with Crippen molar-refractivity contribution < 1.29 is 14.7 Å². The number of hydrogen-bond acceptors (Lipinski definition) is 2. The normalized spacial score (nSPS) is 9.69. The predicted molar refractivity (Wildman–Crippen MR) is 51.2 cm³/mol. The van der Waals surface area contributed by atoms with Crippen molar-refractivity contribution in [3.05, 3.63) is 33.3 Å². The van der Waals surface area contributed by atoms with E-state index in [0.29, 0.717) is 6.29 Å². The molecule has 0 radical (unpaired) electrons. The van der Waals surface area contributed by atoms with Crippen LogP contribution in [0.25, 0.3) is 0 Å². The van der Waals surface area contributed by atoms with Crippen LogP contribution in [-0.2, 0) is 0 Å². The fraction of sp³-hybridized carbons (Fsp3) is 0.111. The van der Waals surface area contributed by atoms with Gasteiger partial charge in [-0.25, -0.2) is 4.79 Å². The molecule has 4 heteroatoms. The first-order valence-electron chi connectivity index (χ1n) is 3.55. The quantitative estimate of drug-likeness (QED) is 0.810. The lowest BCUT2D eigenvalue weighted by Gasteiger charge is -2.03. The van der Waals surface area contributed by atoms with Crippen LogP contribution in [0.3, 0.4) is 0 Å². The van der Waals surface area contributed by atoms with Gasteiger partial charge in [0.1, 0.15) is 0 Å². The van der Waals surface area contributed by atoms with Gasteiger partial charge in [0.05, 0.1) is 5.56 Å². The third-order valence-corrected chi connectivity index (χ3v) is 2.54. The van der Waals surface area contributed by atoms with Crippen LogP contribution < -0.4 is 0 Å². The molecule has 0 aliphatic carbocycles. The van der Waals surface area contributed by atoms with Gasteiger partial charge >= 0.3 is 5.97 Å². The lowest BCUT2D eigenvalue weighted by atomic mass is 10.1. The molecule has 0 saturated carbocycles. The van der Waals surface area contributed by atoms with Crippen molar-refractivity contribution in [3.8, 4) is 0 Å². The largest absolute Gasteiger partial charge is 0.478 e. The molecule has 0 unspecified atom stereocenters.